The molecule has 1 aliphatic rings. The van der Waals surface area contributed by atoms with Gasteiger partial charge in [0.2, 0.25) is 0 Å². The molecule has 0 aromatic rings. The van der Waals surface area contributed by atoms with E-state index in [4.69, 9.17) is 0 Å². The van der Waals surface area contributed by atoms with Crippen LogP contribution in [0.5, 0.6) is 0 Å². The summed E-state index contributed by atoms with van der Waals surface area (Å²) in [4.78, 5) is 4.62. The van der Waals surface area contributed by atoms with Crippen LogP contribution in [0.25, 0.3) is 0 Å². The van der Waals surface area contributed by atoms with Gasteiger partial charge in [-0.05, 0) is 19.8 Å². The minimum Gasteiger partial charge on any atom is -0.345 e. The molecule has 3 atom stereocenters. The highest BCUT2D eigenvalue weighted by Gasteiger charge is 2.41. The summed E-state index contributed by atoms with van der Waals surface area (Å²) in [6.45, 7) is 8.16. The van der Waals surface area contributed by atoms with E-state index in [2.05, 4.69) is 31.0 Å². The second-order valence-electron chi connectivity index (χ2n) is 8.78. The van der Waals surface area contributed by atoms with E-state index in [1.54, 1.807) is 0 Å². The van der Waals surface area contributed by atoms with Crippen LogP contribution in [0.1, 0.15) is 117 Å². The Labute approximate surface area is 175 Å². The highest BCUT2D eigenvalue weighted by atomic mass is 16.3. The molecule has 3 heteroatoms. The average molecular weight is 394 g/mol. The number of hydrogen-bond donors (Lipinski definition) is 1. The normalized spacial score (nSPS) is 23.1. The van der Waals surface area contributed by atoms with Crippen LogP contribution in [-0.4, -0.2) is 41.3 Å². The quantitative estimate of drug-likeness (QED) is 0.152. The van der Waals surface area contributed by atoms with Crippen molar-refractivity contribution in [2.45, 2.75) is 129 Å². The van der Waals surface area contributed by atoms with Gasteiger partial charge >= 0.3 is 0 Å². The monoisotopic (exact) mass is 393 g/mol. The van der Waals surface area contributed by atoms with Gasteiger partial charge in [0.25, 0.3) is 0 Å². The number of quaternary nitrogens is 1. The third-order valence-corrected chi connectivity index (χ3v) is 6.61. The predicted octanol–water partition coefficient (Wildman–Crippen LogP) is 7.00. The summed E-state index contributed by atoms with van der Waals surface area (Å²) in [6.07, 6.45) is 27.0. The third-order valence-electron chi connectivity index (χ3n) is 6.61. The maximum atomic E-state index is 10.2. The number of aliphatic hydroxyl groups is 1. The number of unbranched alkanes of at least 4 members (excludes halogenated alkanes) is 13. The fourth-order valence-corrected chi connectivity index (χ4v) is 4.47. The van der Waals surface area contributed by atoms with Crippen molar-refractivity contribution in [3.8, 4) is 0 Å². The van der Waals surface area contributed by atoms with Crippen LogP contribution in [0.2, 0.25) is 0 Å². The zero-order valence-electron chi connectivity index (χ0n) is 19.2. The second kappa shape index (κ2) is 16.2. The van der Waals surface area contributed by atoms with Gasteiger partial charge in [0, 0.05) is 13.3 Å². The lowest BCUT2D eigenvalue weighted by molar-refractivity contribution is -0.976. The topological polar surface area (TPSA) is 32.6 Å². The predicted molar refractivity (Wildman–Crippen MR) is 124 cm³/mol. The van der Waals surface area contributed by atoms with Gasteiger partial charge in [-0.15, -0.1) is 0 Å². The molecule has 0 saturated heterocycles. The Morgan fingerprint density at radius 1 is 0.893 bits per heavy atom. The van der Waals surface area contributed by atoms with Gasteiger partial charge in [-0.2, -0.15) is 0 Å². The Balaban J connectivity index is 1.93. The van der Waals surface area contributed by atoms with Crippen LogP contribution < -0.4 is 0 Å². The molecule has 1 heterocycles. The van der Waals surface area contributed by atoms with Crippen LogP contribution in [0, 0.1) is 0 Å². The first-order valence-corrected chi connectivity index (χ1v) is 12.4. The number of hydrogen-bond acceptors (Lipinski definition) is 2. The number of aliphatic hydroxyl groups excluding tert-OH is 1. The number of aliphatic imine (C=N–C) groups is 1. The molecule has 0 bridgehead atoms. The molecule has 0 spiro atoms. The molecular weight excluding hydrogens is 344 g/mol. The Bertz CT molecular complexity index is 419. The van der Waals surface area contributed by atoms with Gasteiger partial charge in [0.05, 0.1) is 12.8 Å². The first-order chi connectivity index (χ1) is 13.7. The van der Waals surface area contributed by atoms with E-state index >= 15 is 0 Å². The molecular formula is C25H49N2O+. The molecule has 1 N–H and O–H groups in total. The van der Waals surface area contributed by atoms with Gasteiger partial charge < -0.3 is 5.11 Å². The largest absolute Gasteiger partial charge is 0.345 e. The maximum absolute atomic E-state index is 10.2. The minimum absolute atomic E-state index is 0.202. The van der Waals surface area contributed by atoms with Crippen LogP contribution in [0.4, 0.5) is 0 Å². The van der Waals surface area contributed by atoms with E-state index in [1.165, 1.54) is 89.9 Å². The summed E-state index contributed by atoms with van der Waals surface area (Å²) >= 11 is 0. The summed E-state index contributed by atoms with van der Waals surface area (Å²) in [7, 11) is 0. The Kier molecular flexibility index (Phi) is 14.6. The fraction of sp³-hybridized carbons (Fsp3) is 0.880. The van der Waals surface area contributed by atoms with Gasteiger partial charge in [0.15, 0.2) is 12.4 Å². The lowest BCUT2D eigenvalue weighted by Gasteiger charge is -2.39. The zero-order valence-corrected chi connectivity index (χ0v) is 19.2. The van der Waals surface area contributed by atoms with E-state index in [-0.39, 0.29) is 12.4 Å². The molecule has 1 aliphatic heterocycles. The van der Waals surface area contributed by atoms with Crippen molar-refractivity contribution >= 4 is 6.21 Å². The van der Waals surface area contributed by atoms with E-state index in [1.807, 2.05) is 13.1 Å². The molecule has 164 valence electrons. The summed E-state index contributed by atoms with van der Waals surface area (Å²) in [6, 6.07) is 0. The molecule has 0 aliphatic carbocycles. The molecule has 0 saturated carbocycles. The maximum Gasteiger partial charge on any atom is 0.189 e. The first-order valence-electron chi connectivity index (χ1n) is 12.4. The molecule has 3 nitrogen and oxygen atoms in total. The van der Waals surface area contributed by atoms with Crippen molar-refractivity contribution in [1.29, 1.82) is 0 Å². The van der Waals surface area contributed by atoms with E-state index in [0.717, 1.165) is 19.5 Å². The van der Waals surface area contributed by atoms with E-state index in [0.29, 0.717) is 4.48 Å². The summed E-state index contributed by atoms with van der Waals surface area (Å²) in [5, 5.41) is 10.2. The lowest BCUT2D eigenvalue weighted by Crippen LogP contribution is -2.57. The van der Waals surface area contributed by atoms with E-state index < -0.39 is 0 Å². The molecule has 3 unspecified atom stereocenters. The number of allylic oxidation sites excluding steroid dienone is 1. The smallest absolute Gasteiger partial charge is 0.189 e. The van der Waals surface area contributed by atoms with Crippen molar-refractivity contribution < 1.29 is 9.59 Å². The molecule has 1 rings (SSSR count). The average Bonchev–Trinajstić information content (AvgIpc) is 3.12. The van der Waals surface area contributed by atoms with Gasteiger partial charge in [-0.3, -0.25) is 4.48 Å². The molecule has 28 heavy (non-hydrogen) atoms. The first kappa shape index (κ1) is 25.4. The van der Waals surface area contributed by atoms with Crippen LogP contribution >= 0.6 is 0 Å². The summed E-state index contributed by atoms with van der Waals surface area (Å²) in [5.74, 6) is 0. The SMILES string of the molecule is CCCCCCCCCCCCCCC/C=C/CC1N=CC[N+]1(CC)C(C)O. The van der Waals surface area contributed by atoms with Crippen molar-refractivity contribution in [2.75, 3.05) is 13.1 Å². The minimum atomic E-state index is -0.341. The fourth-order valence-electron chi connectivity index (χ4n) is 4.47. The van der Waals surface area contributed by atoms with Crippen LogP contribution in [0.3, 0.4) is 0 Å². The standard InChI is InChI=1S/C25H49N2O/c1-4-6-7-8-9-10-11-12-13-14-15-16-17-18-19-20-21-25-26-22-23-27(25,5-2)24(3)28/h19-20,22,24-25,28H,4-18,21,23H2,1-3H3/q+1/b20-19+. The van der Waals surface area contributed by atoms with Crippen molar-refractivity contribution in [1.82, 2.24) is 0 Å². The van der Waals surface area contributed by atoms with Gasteiger partial charge in [-0.1, -0.05) is 96.1 Å². The lowest BCUT2D eigenvalue weighted by atomic mass is 10.0. The molecule has 0 fully saturated rings. The Morgan fingerprint density at radius 2 is 1.43 bits per heavy atom. The Morgan fingerprint density at radius 3 is 1.93 bits per heavy atom. The molecule has 0 amide bonds. The highest BCUT2D eigenvalue weighted by molar-refractivity contribution is 5.60. The highest BCUT2D eigenvalue weighted by Crippen LogP contribution is 2.25. The third kappa shape index (κ3) is 9.69. The molecule has 0 radical (unpaired) electrons. The number of nitrogens with zero attached hydrogens (tertiary/aromatic N) is 2. The van der Waals surface area contributed by atoms with Crippen molar-refractivity contribution in [2.24, 2.45) is 4.99 Å². The number of rotatable bonds is 18. The zero-order chi connectivity index (χ0) is 20.5. The second-order valence-corrected chi connectivity index (χ2v) is 8.78. The van der Waals surface area contributed by atoms with Crippen LogP contribution in [-0.2, 0) is 0 Å². The van der Waals surface area contributed by atoms with Crippen molar-refractivity contribution in [3.05, 3.63) is 12.2 Å². The van der Waals surface area contributed by atoms with Gasteiger partial charge in [-0.25, -0.2) is 4.99 Å². The molecule has 0 aromatic carbocycles. The Hall–Kier alpha value is -0.670. The van der Waals surface area contributed by atoms with Gasteiger partial charge in [0.1, 0.15) is 6.54 Å². The van der Waals surface area contributed by atoms with Crippen LogP contribution in [0.15, 0.2) is 17.1 Å². The van der Waals surface area contributed by atoms with E-state index in [9.17, 15) is 5.11 Å². The summed E-state index contributed by atoms with van der Waals surface area (Å²) < 4.78 is 0.698. The summed E-state index contributed by atoms with van der Waals surface area (Å²) in [5.41, 5.74) is 0. The molecule has 0 aromatic heterocycles. The van der Waals surface area contributed by atoms with Crippen molar-refractivity contribution in [3.63, 3.8) is 0 Å².